The minimum absolute atomic E-state index is 0.223. The van der Waals surface area contributed by atoms with Crippen molar-refractivity contribution in [2.75, 3.05) is 5.32 Å². The quantitative estimate of drug-likeness (QED) is 0.886. The lowest BCUT2D eigenvalue weighted by Gasteiger charge is -2.07. The van der Waals surface area contributed by atoms with Crippen molar-refractivity contribution in [2.24, 2.45) is 5.16 Å². The van der Waals surface area contributed by atoms with E-state index in [4.69, 9.17) is 16.4 Å². The molecule has 0 bridgehead atoms. The van der Waals surface area contributed by atoms with Crippen LogP contribution < -0.4 is 5.32 Å². The SMILES string of the molecule is O=C(Nc1cccc(Cl)n1)C1=NOC(c2ccccc2)C1. The van der Waals surface area contributed by atoms with E-state index in [9.17, 15) is 4.79 Å². The molecule has 1 N–H and O–H groups in total. The van der Waals surface area contributed by atoms with Crippen molar-refractivity contribution in [3.63, 3.8) is 0 Å². The van der Waals surface area contributed by atoms with E-state index in [0.717, 1.165) is 5.56 Å². The van der Waals surface area contributed by atoms with Gasteiger partial charge in [0.15, 0.2) is 6.10 Å². The molecule has 0 saturated carbocycles. The Labute approximate surface area is 126 Å². The minimum Gasteiger partial charge on any atom is -0.387 e. The Morgan fingerprint density at radius 3 is 2.76 bits per heavy atom. The molecule has 5 nitrogen and oxygen atoms in total. The molecule has 1 unspecified atom stereocenters. The summed E-state index contributed by atoms with van der Waals surface area (Å²) >= 11 is 5.77. The molecule has 2 aromatic rings. The zero-order valence-electron chi connectivity index (χ0n) is 11.0. The van der Waals surface area contributed by atoms with Gasteiger partial charge in [0.2, 0.25) is 0 Å². The summed E-state index contributed by atoms with van der Waals surface area (Å²) in [6, 6.07) is 14.7. The van der Waals surface area contributed by atoms with Crippen molar-refractivity contribution < 1.29 is 9.63 Å². The summed E-state index contributed by atoms with van der Waals surface area (Å²) in [5.41, 5.74) is 1.33. The van der Waals surface area contributed by atoms with E-state index in [1.54, 1.807) is 18.2 Å². The highest BCUT2D eigenvalue weighted by molar-refractivity contribution is 6.43. The summed E-state index contributed by atoms with van der Waals surface area (Å²) < 4.78 is 0. The number of nitrogens with one attached hydrogen (secondary N) is 1. The number of rotatable bonds is 3. The van der Waals surface area contributed by atoms with Crippen LogP contribution in [0.15, 0.2) is 53.7 Å². The predicted octanol–water partition coefficient (Wildman–Crippen LogP) is 3.19. The summed E-state index contributed by atoms with van der Waals surface area (Å²) in [5, 5.41) is 6.83. The second-order valence-corrected chi connectivity index (χ2v) is 4.93. The van der Waals surface area contributed by atoms with Gasteiger partial charge in [-0.15, -0.1) is 0 Å². The number of hydrogen-bond acceptors (Lipinski definition) is 4. The first kappa shape index (κ1) is 13.6. The Bertz CT molecular complexity index is 688. The highest BCUT2D eigenvalue weighted by Crippen LogP contribution is 2.27. The van der Waals surface area contributed by atoms with E-state index in [-0.39, 0.29) is 12.0 Å². The fourth-order valence-electron chi connectivity index (χ4n) is 2.02. The van der Waals surface area contributed by atoms with Gasteiger partial charge >= 0.3 is 0 Å². The van der Waals surface area contributed by atoms with Crippen LogP contribution in [0.5, 0.6) is 0 Å². The van der Waals surface area contributed by atoms with Crippen LogP contribution in [0.3, 0.4) is 0 Å². The monoisotopic (exact) mass is 301 g/mol. The van der Waals surface area contributed by atoms with Gasteiger partial charge in [0.05, 0.1) is 0 Å². The lowest BCUT2D eigenvalue weighted by Crippen LogP contribution is -2.22. The smallest absolute Gasteiger partial charge is 0.274 e. The average molecular weight is 302 g/mol. The number of carbonyl (C=O) groups excluding carboxylic acids is 1. The van der Waals surface area contributed by atoms with Crippen LogP contribution in [0.2, 0.25) is 5.15 Å². The van der Waals surface area contributed by atoms with Crippen molar-refractivity contribution in [1.29, 1.82) is 0 Å². The van der Waals surface area contributed by atoms with Crippen LogP contribution in [0.1, 0.15) is 18.1 Å². The fraction of sp³-hybridized carbons (Fsp3) is 0.133. The number of hydrogen-bond donors (Lipinski definition) is 1. The van der Waals surface area contributed by atoms with Gasteiger partial charge < -0.3 is 10.2 Å². The molecule has 0 spiro atoms. The number of aromatic nitrogens is 1. The third kappa shape index (κ3) is 3.20. The average Bonchev–Trinajstić information content (AvgIpc) is 2.98. The fourth-order valence-corrected chi connectivity index (χ4v) is 2.19. The molecular formula is C15H12ClN3O2. The molecule has 1 amide bonds. The van der Waals surface area contributed by atoms with Gasteiger partial charge in [-0.25, -0.2) is 4.98 Å². The van der Waals surface area contributed by atoms with Crippen molar-refractivity contribution in [3.8, 4) is 0 Å². The molecule has 0 fully saturated rings. The normalized spacial score (nSPS) is 17.0. The molecule has 0 aliphatic carbocycles. The Kier molecular flexibility index (Phi) is 3.83. The number of benzene rings is 1. The first-order valence-electron chi connectivity index (χ1n) is 6.44. The van der Waals surface area contributed by atoms with Crippen molar-refractivity contribution >= 4 is 29.0 Å². The van der Waals surface area contributed by atoms with E-state index in [1.165, 1.54) is 0 Å². The van der Waals surface area contributed by atoms with Gasteiger partial charge in [-0.05, 0) is 17.7 Å². The number of nitrogens with zero attached hydrogens (tertiary/aromatic N) is 2. The first-order chi connectivity index (χ1) is 10.2. The molecule has 0 saturated heterocycles. The third-order valence-electron chi connectivity index (χ3n) is 3.06. The van der Waals surface area contributed by atoms with E-state index in [2.05, 4.69) is 15.5 Å². The second kappa shape index (κ2) is 5.93. The van der Waals surface area contributed by atoms with E-state index in [0.29, 0.717) is 23.1 Å². The summed E-state index contributed by atoms with van der Waals surface area (Å²) in [4.78, 5) is 21.4. The molecule has 3 rings (SSSR count). The van der Waals surface area contributed by atoms with Crippen LogP contribution in [-0.4, -0.2) is 16.6 Å². The molecule has 1 aromatic carbocycles. The Hall–Kier alpha value is -2.40. The Morgan fingerprint density at radius 1 is 1.19 bits per heavy atom. The number of amides is 1. The zero-order chi connectivity index (χ0) is 14.7. The van der Waals surface area contributed by atoms with Crippen LogP contribution in [-0.2, 0) is 9.63 Å². The van der Waals surface area contributed by atoms with Crippen molar-refractivity contribution in [2.45, 2.75) is 12.5 Å². The van der Waals surface area contributed by atoms with Crippen LogP contribution in [0, 0.1) is 0 Å². The van der Waals surface area contributed by atoms with Gasteiger partial charge in [-0.3, -0.25) is 4.79 Å². The van der Waals surface area contributed by atoms with Gasteiger partial charge in [-0.2, -0.15) is 0 Å². The maximum atomic E-state index is 12.1. The Morgan fingerprint density at radius 2 is 2.00 bits per heavy atom. The van der Waals surface area contributed by atoms with E-state index >= 15 is 0 Å². The number of halogens is 1. The van der Waals surface area contributed by atoms with Gasteiger partial charge in [0.25, 0.3) is 5.91 Å². The first-order valence-corrected chi connectivity index (χ1v) is 6.82. The molecule has 1 aliphatic rings. The lowest BCUT2D eigenvalue weighted by molar-refractivity contribution is -0.110. The summed E-state index contributed by atoms with van der Waals surface area (Å²) in [6.45, 7) is 0. The number of pyridine rings is 1. The maximum Gasteiger partial charge on any atom is 0.274 e. The number of carbonyl (C=O) groups is 1. The van der Waals surface area contributed by atoms with E-state index in [1.807, 2.05) is 30.3 Å². The second-order valence-electron chi connectivity index (χ2n) is 4.55. The van der Waals surface area contributed by atoms with Crippen LogP contribution >= 0.6 is 11.6 Å². The molecule has 0 radical (unpaired) electrons. The summed E-state index contributed by atoms with van der Waals surface area (Å²) in [7, 11) is 0. The largest absolute Gasteiger partial charge is 0.387 e. The van der Waals surface area contributed by atoms with E-state index < -0.39 is 0 Å². The third-order valence-corrected chi connectivity index (χ3v) is 3.27. The number of anilines is 1. The Balaban J connectivity index is 1.65. The molecule has 1 aromatic heterocycles. The topological polar surface area (TPSA) is 63.6 Å². The molecule has 106 valence electrons. The standard InChI is InChI=1S/C15H12ClN3O2/c16-13-7-4-8-14(17-13)18-15(20)11-9-12(21-19-11)10-5-2-1-3-6-10/h1-8,12H,9H2,(H,17,18,20). The predicted molar refractivity (Wildman–Crippen MR) is 80.2 cm³/mol. The van der Waals surface area contributed by atoms with Gasteiger partial charge in [0, 0.05) is 6.42 Å². The van der Waals surface area contributed by atoms with Crippen molar-refractivity contribution in [1.82, 2.24) is 4.98 Å². The highest BCUT2D eigenvalue weighted by Gasteiger charge is 2.27. The molecule has 1 atom stereocenters. The molecular weight excluding hydrogens is 290 g/mol. The van der Waals surface area contributed by atoms with Gasteiger partial charge in [0.1, 0.15) is 16.7 Å². The van der Waals surface area contributed by atoms with Crippen molar-refractivity contribution in [3.05, 3.63) is 59.2 Å². The minimum atomic E-state index is -0.330. The summed E-state index contributed by atoms with van der Waals surface area (Å²) in [6.07, 6.45) is 0.204. The van der Waals surface area contributed by atoms with Crippen LogP contribution in [0.25, 0.3) is 0 Å². The van der Waals surface area contributed by atoms with Gasteiger partial charge in [-0.1, -0.05) is 53.2 Å². The van der Waals surface area contributed by atoms with Crippen LogP contribution in [0.4, 0.5) is 5.82 Å². The lowest BCUT2D eigenvalue weighted by atomic mass is 10.0. The number of oxime groups is 1. The molecule has 1 aliphatic heterocycles. The zero-order valence-corrected chi connectivity index (χ0v) is 11.7. The molecule has 21 heavy (non-hydrogen) atoms. The maximum absolute atomic E-state index is 12.1. The molecule has 6 heteroatoms. The molecule has 2 heterocycles. The highest BCUT2D eigenvalue weighted by atomic mass is 35.5. The summed E-state index contributed by atoms with van der Waals surface area (Å²) in [5.74, 6) is 0.0570.